The first-order chi connectivity index (χ1) is 14.9. The molecule has 4 rings (SSSR count). The van der Waals surface area contributed by atoms with Crippen LogP contribution in [0.3, 0.4) is 0 Å². The van der Waals surface area contributed by atoms with Crippen LogP contribution in [-0.2, 0) is 11.2 Å². The third-order valence-corrected chi connectivity index (χ3v) is 5.88. The summed E-state index contributed by atoms with van der Waals surface area (Å²) in [6.07, 6.45) is 1.84. The second-order valence-electron chi connectivity index (χ2n) is 7.41. The van der Waals surface area contributed by atoms with E-state index in [1.165, 1.54) is 12.3 Å². The molecule has 1 aliphatic rings. The molecule has 1 saturated heterocycles. The van der Waals surface area contributed by atoms with E-state index in [1.54, 1.807) is 16.7 Å². The number of aryl methyl sites for hydroxylation is 2. The van der Waals surface area contributed by atoms with Crippen molar-refractivity contribution in [2.45, 2.75) is 31.9 Å². The molecule has 1 fully saturated rings. The number of amidine groups is 1. The van der Waals surface area contributed by atoms with Gasteiger partial charge in [0.2, 0.25) is 5.91 Å². The van der Waals surface area contributed by atoms with Gasteiger partial charge >= 0.3 is 0 Å². The van der Waals surface area contributed by atoms with Crippen LogP contribution in [0.5, 0.6) is 0 Å². The molecular formula is C23H21F2N3O2S. The highest BCUT2D eigenvalue weighted by Crippen LogP contribution is 2.29. The van der Waals surface area contributed by atoms with Crippen LogP contribution >= 0.6 is 11.8 Å². The molecule has 8 heteroatoms. The number of amides is 1. The van der Waals surface area contributed by atoms with Gasteiger partial charge in [-0.2, -0.15) is 0 Å². The number of oxazole rings is 1. The molecule has 0 aliphatic carbocycles. The number of hydrogen-bond donors (Lipinski definition) is 0. The molecule has 0 saturated carbocycles. The van der Waals surface area contributed by atoms with Crippen LogP contribution in [0.25, 0.3) is 11.3 Å². The molecule has 31 heavy (non-hydrogen) atoms. The highest BCUT2D eigenvalue weighted by molar-refractivity contribution is 8.14. The van der Waals surface area contributed by atoms with E-state index in [-0.39, 0.29) is 35.3 Å². The van der Waals surface area contributed by atoms with Crippen molar-refractivity contribution >= 4 is 28.5 Å². The largest absolute Gasteiger partial charge is 0.441 e. The van der Waals surface area contributed by atoms with Gasteiger partial charge in [-0.3, -0.25) is 9.69 Å². The first kappa shape index (κ1) is 21.2. The van der Waals surface area contributed by atoms with E-state index in [4.69, 9.17) is 4.42 Å². The number of carbonyl (C=O) groups is 1. The van der Waals surface area contributed by atoms with Gasteiger partial charge < -0.3 is 4.42 Å². The fourth-order valence-corrected chi connectivity index (χ4v) is 4.35. The van der Waals surface area contributed by atoms with Gasteiger partial charge in [-0.1, -0.05) is 30.8 Å². The van der Waals surface area contributed by atoms with Gasteiger partial charge in [-0.25, -0.2) is 18.8 Å². The highest BCUT2D eigenvalue weighted by Gasteiger charge is 2.30. The predicted molar refractivity (Wildman–Crippen MR) is 117 cm³/mol. The second kappa shape index (κ2) is 9.01. The minimum Gasteiger partial charge on any atom is -0.441 e. The number of hydrogen-bond acceptors (Lipinski definition) is 5. The van der Waals surface area contributed by atoms with E-state index in [9.17, 15) is 13.6 Å². The zero-order valence-corrected chi connectivity index (χ0v) is 18.0. The van der Waals surface area contributed by atoms with Crippen molar-refractivity contribution in [3.8, 4) is 11.3 Å². The van der Waals surface area contributed by atoms with E-state index < -0.39 is 11.6 Å². The van der Waals surface area contributed by atoms with Crippen LogP contribution in [0, 0.1) is 18.6 Å². The summed E-state index contributed by atoms with van der Waals surface area (Å²) in [6, 6.07) is 11.1. The SMILES string of the molecule is Cc1cccc(N=C2SC(C)CN2C(=O)CCc2ncc(-c3ccc(F)cc3F)o2)c1. The molecule has 0 N–H and O–H groups in total. The Morgan fingerprint density at radius 3 is 2.90 bits per heavy atom. The van der Waals surface area contributed by atoms with Gasteiger partial charge in [0.1, 0.15) is 11.6 Å². The number of benzene rings is 2. The third kappa shape index (κ3) is 5.02. The summed E-state index contributed by atoms with van der Waals surface area (Å²) >= 11 is 1.57. The lowest BCUT2D eigenvalue weighted by molar-refractivity contribution is -0.127. The molecule has 1 unspecified atom stereocenters. The quantitative estimate of drug-likeness (QED) is 0.524. The average Bonchev–Trinajstić information content (AvgIpc) is 3.33. The minimum absolute atomic E-state index is 0.0732. The fraction of sp³-hybridized carbons (Fsp3) is 0.261. The lowest BCUT2D eigenvalue weighted by atomic mass is 10.2. The molecule has 1 atom stereocenters. The fourth-order valence-electron chi connectivity index (χ4n) is 3.31. The number of halogens is 2. The number of aromatic nitrogens is 1. The van der Waals surface area contributed by atoms with Crippen LogP contribution in [0.15, 0.2) is 58.1 Å². The summed E-state index contributed by atoms with van der Waals surface area (Å²) in [7, 11) is 0. The van der Waals surface area contributed by atoms with Gasteiger partial charge in [-0.05, 0) is 36.8 Å². The van der Waals surface area contributed by atoms with Crippen molar-refractivity contribution < 1.29 is 18.0 Å². The molecule has 0 spiro atoms. The molecular weight excluding hydrogens is 420 g/mol. The van der Waals surface area contributed by atoms with E-state index in [0.29, 0.717) is 17.6 Å². The number of rotatable bonds is 5. The summed E-state index contributed by atoms with van der Waals surface area (Å²) in [4.78, 5) is 23.3. The zero-order chi connectivity index (χ0) is 22.0. The van der Waals surface area contributed by atoms with Crippen molar-refractivity contribution in [2.24, 2.45) is 4.99 Å². The topological polar surface area (TPSA) is 58.7 Å². The third-order valence-electron chi connectivity index (χ3n) is 4.81. The van der Waals surface area contributed by atoms with E-state index in [2.05, 4.69) is 16.9 Å². The van der Waals surface area contributed by atoms with Gasteiger partial charge in [0.25, 0.3) is 0 Å². The standard InChI is InChI=1S/C23H21F2N3O2S/c1-14-4-3-5-17(10-14)27-23-28(13-15(2)31-23)22(29)9-8-21-26-12-20(30-21)18-7-6-16(24)11-19(18)25/h3-7,10-12,15H,8-9,13H2,1-2H3. The van der Waals surface area contributed by atoms with Gasteiger partial charge in [-0.15, -0.1) is 0 Å². The summed E-state index contributed by atoms with van der Waals surface area (Å²) in [5.74, 6) is -0.932. The monoisotopic (exact) mass is 441 g/mol. The Kier molecular flexibility index (Phi) is 6.18. The summed E-state index contributed by atoms with van der Waals surface area (Å²) in [6.45, 7) is 4.65. The Labute approximate surface area is 183 Å². The Morgan fingerprint density at radius 2 is 2.13 bits per heavy atom. The Balaban J connectivity index is 1.44. The Bertz CT molecular complexity index is 1150. The molecule has 1 aromatic heterocycles. The highest BCUT2D eigenvalue weighted by atomic mass is 32.2. The van der Waals surface area contributed by atoms with E-state index in [0.717, 1.165) is 23.4 Å². The van der Waals surface area contributed by atoms with Gasteiger partial charge in [0, 0.05) is 30.7 Å². The smallest absolute Gasteiger partial charge is 0.229 e. The maximum Gasteiger partial charge on any atom is 0.229 e. The van der Waals surface area contributed by atoms with Crippen LogP contribution < -0.4 is 0 Å². The molecule has 160 valence electrons. The molecule has 5 nitrogen and oxygen atoms in total. The molecule has 0 radical (unpaired) electrons. The van der Waals surface area contributed by atoms with Crippen LogP contribution in [0.2, 0.25) is 0 Å². The lowest BCUT2D eigenvalue weighted by Crippen LogP contribution is -2.32. The van der Waals surface area contributed by atoms with Crippen LogP contribution in [-0.4, -0.2) is 32.8 Å². The Morgan fingerprint density at radius 1 is 1.29 bits per heavy atom. The first-order valence-electron chi connectivity index (χ1n) is 9.91. The molecule has 3 aromatic rings. The number of thioether (sulfide) groups is 1. The zero-order valence-electron chi connectivity index (χ0n) is 17.1. The van der Waals surface area contributed by atoms with Gasteiger partial charge in [0.15, 0.2) is 16.8 Å². The number of nitrogens with zero attached hydrogens (tertiary/aromatic N) is 3. The normalized spacial score (nSPS) is 17.5. The minimum atomic E-state index is -0.723. The van der Waals surface area contributed by atoms with Crippen molar-refractivity contribution in [1.82, 2.24) is 9.88 Å². The summed E-state index contributed by atoms with van der Waals surface area (Å²) < 4.78 is 32.6. The molecule has 1 amide bonds. The molecule has 2 aromatic carbocycles. The van der Waals surface area contributed by atoms with Crippen molar-refractivity contribution in [3.63, 3.8) is 0 Å². The van der Waals surface area contributed by atoms with Crippen molar-refractivity contribution in [1.29, 1.82) is 0 Å². The van der Waals surface area contributed by atoms with E-state index >= 15 is 0 Å². The van der Waals surface area contributed by atoms with Crippen molar-refractivity contribution in [3.05, 3.63) is 71.8 Å². The van der Waals surface area contributed by atoms with Crippen molar-refractivity contribution in [2.75, 3.05) is 6.54 Å². The maximum atomic E-state index is 13.9. The summed E-state index contributed by atoms with van der Waals surface area (Å²) in [5, 5.41) is 0.937. The molecule has 1 aliphatic heterocycles. The number of carbonyl (C=O) groups excluding carboxylic acids is 1. The number of aliphatic imine (C=N–C) groups is 1. The second-order valence-corrected chi connectivity index (χ2v) is 8.81. The van der Waals surface area contributed by atoms with Gasteiger partial charge in [0.05, 0.1) is 17.4 Å². The molecule has 2 heterocycles. The van der Waals surface area contributed by atoms with Crippen LogP contribution in [0.4, 0.5) is 14.5 Å². The lowest BCUT2D eigenvalue weighted by Gasteiger charge is -2.15. The predicted octanol–water partition coefficient (Wildman–Crippen LogP) is 5.51. The van der Waals surface area contributed by atoms with Crippen LogP contribution in [0.1, 0.15) is 24.8 Å². The maximum absolute atomic E-state index is 13.9. The summed E-state index contributed by atoms with van der Waals surface area (Å²) in [5.41, 5.74) is 2.05. The van der Waals surface area contributed by atoms with E-state index in [1.807, 2.05) is 31.2 Å². The first-order valence-corrected chi connectivity index (χ1v) is 10.8. The average molecular weight is 442 g/mol. The molecule has 0 bridgehead atoms. The Hall–Kier alpha value is -3.00.